The van der Waals surface area contributed by atoms with Crippen LogP contribution >= 0.6 is 0 Å². The fourth-order valence-electron chi connectivity index (χ4n) is 2.89. The Hall–Kier alpha value is -3.07. The number of nitrogens with zero attached hydrogens (tertiary/aromatic N) is 2. The second-order valence-corrected chi connectivity index (χ2v) is 5.92. The number of nitro groups is 1. The van der Waals surface area contributed by atoms with Crippen molar-refractivity contribution in [3.05, 3.63) is 69.3 Å². The van der Waals surface area contributed by atoms with Gasteiger partial charge in [-0.15, -0.1) is 0 Å². The van der Waals surface area contributed by atoms with Crippen molar-refractivity contribution in [2.75, 3.05) is 26.8 Å². The lowest BCUT2D eigenvalue weighted by Crippen LogP contribution is -2.42. The molecule has 1 unspecified atom stereocenters. The van der Waals surface area contributed by atoms with E-state index in [1.165, 1.54) is 36.3 Å². The van der Waals surface area contributed by atoms with E-state index < -0.39 is 28.6 Å². The minimum Gasteiger partial charge on any atom is -0.497 e. The summed E-state index contributed by atoms with van der Waals surface area (Å²) in [5.74, 6) is -2.23. The normalized spacial score (nSPS) is 16.9. The Bertz CT molecular complexity index is 890. The van der Waals surface area contributed by atoms with E-state index in [0.717, 1.165) is 12.1 Å². The number of methoxy groups -OCH3 is 1. The number of nitro benzene ring substituents is 1. The average Bonchev–Trinajstić information content (AvgIpc) is 2.69. The second-order valence-electron chi connectivity index (χ2n) is 5.92. The van der Waals surface area contributed by atoms with Gasteiger partial charge in [0.1, 0.15) is 17.4 Å². The van der Waals surface area contributed by atoms with Gasteiger partial charge in [-0.2, -0.15) is 0 Å². The van der Waals surface area contributed by atoms with E-state index in [1.807, 2.05) is 0 Å². The summed E-state index contributed by atoms with van der Waals surface area (Å²) in [6.07, 6.45) is -0.664. The molecule has 0 aliphatic carbocycles. The fourth-order valence-corrected chi connectivity index (χ4v) is 2.89. The van der Waals surface area contributed by atoms with Crippen LogP contribution in [0.25, 0.3) is 0 Å². The van der Waals surface area contributed by atoms with E-state index in [2.05, 4.69) is 0 Å². The van der Waals surface area contributed by atoms with Crippen LogP contribution in [0.4, 0.5) is 14.5 Å². The molecule has 0 bridgehead atoms. The van der Waals surface area contributed by atoms with Gasteiger partial charge in [-0.25, -0.2) is 8.78 Å². The quantitative estimate of drug-likeness (QED) is 0.603. The Labute approximate surface area is 153 Å². The highest BCUT2D eigenvalue weighted by atomic mass is 19.2. The third-order valence-electron chi connectivity index (χ3n) is 4.30. The van der Waals surface area contributed by atoms with Crippen molar-refractivity contribution >= 4 is 11.6 Å². The van der Waals surface area contributed by atoms with E-state index in [9.17, 15) is 23.7 Å². The summed E-state index contributed by atoms with van der Waals surface area (Å²) >= 11 is 0. The molecule has 3 rings (SSSR count). The van der Waals surface area contributed by atoms with Crippen molar-refractivity contribution < 1.29 is 28.0 Å². The number of hydrogen-bond acceptors (Lipinski definition) is 5. The van der Waals surface area contributed by atoms with Crippen molar-refractivity contribution in [2.24, 2.45) is 0 Å². The Morgan fingerprint density at radius 2 is 2.04 bits per heavy atom. The molecule has 1 fully saturated rings. The molecule has 2 aromatic carbocycles. The van der Waals surface area contributed by atoms with Gasteiger partial charge in [-0.1, -0.05) is 6.07 Å². The number of morpholine rings is 1. The van der Waals surface area contributed by atoms with Crippen molar-refractivity contribution in [1.29, 1.82) is 0 Å². The summed E-state index contributed by atoms with van der Waals surface area (Å²) in [5, 5.41) is 11.3. The maximum atomic E-state index is 13.5. The van der Waals surface area contributed by atoms with E-state index in [4.69, 9.17) is 9.47 Å². The van der Waals surface area contributed by atoms with Gasteiger partial charge in [0.2, 0.25) is 0 Å². The zero-order valence-corrected chi connectivity index (χ0v) is 14.4. The Morgan fingerprint density at radius 1 is 1.26 bits per heavy atom. The number of amides is 1. The number of carbonyl (C=O) groups excluding carboxylic acids is 1. The van der Waals surface area contributed by atoms with Crippen LogP contribution in [-0.4, -0.2) is 42.5 Å². The molecule has 0 N–H and O–H groups in total. The van der Waals surface area contributed by atoms with Crippen LogP contribution < -0.4 is 4.74 Å². The summed E-state index contributed by atoms with van der Waals surface area (Å²) in [6.45, 7) is 0.429. The van der Waals surface area contributed by atoms with E-state index in [1.54, 1.807) is 0 Å². The summed E-state index contributed by atoms with van der Waals surface area (Å²) < 4.78 is 37.2. The Morgan fingerprint density at radius 3 is 2.70 bits per heavy atom. The first-order valence-corrected chi connectivity index (χ1v) is 8.09. The first-order chi connectivity index (χ1) is 12.9. The highest BCUT2D eigenvalue weighted by Crippen LogP contribution is 2.29. The van der Waals surface area contributed by atoms with Crippen LogP contribution in [0, 0.1) is 21.7 Å². The lowest BCUT2D eigenvalue weighted by atomic mass is 10.1. The van der Waals surface area contributed by atoms with Crippen molar-refractivity contribution in [2.45, 2.75) is 6.10 Å². The van der Waals surface area contributed by atoms with Crippen LogP contribution in [0.1, 0.15) is 22.0 Å². The molecule has 1 aliphatic rings. The molecule has 142 valence electrons. The first-order valence-electron chi connectivity index (χ1n) is 8.09. The fraction of sp³-hybridized carbons (Fsp3) is 0.278. The van der Waals surface area contributed by atoms with Crippen LogP contribution in [0.15, 0.2) is 36.4 Å². The number of halogens is 2. The number of hydrogen-bond donors (Lipinski definition) is 0. The van der Waals surface area contributed by atoms with E-state index in [-0.39, 0.29) is 30.9 Å². The van der Waals surface area contributed by atoms with Crippen LogP contribution in [-0.2, 0) is 4.74 Å². The summed E-state index contributed by atoms with van der Waals surface area (Å²) in [6, 6.07) is 7.30. The topological polar surface area (TPSA) is 81.9 Å². The monoisotopic (exact) mass is 378 g/mol. The SMILES string of the molecule is COc1ccc([N+](=O)[O-])c(C(=O)N2CCOC(c3ccc(F)c(F)c3)C2)c1. The molecule has 0 aromatic heterocycles. The minimum atomic E-state index is -1.01. The second kappa shape index (κ2) is 7.67. The zero-order valence-electron chi connectivity index (χ0n) is 14.4. The third-order valence-corrected chi connectivity index (χ3v) is 4.30. The standard InChI is InChI=1S/C18H16F2N2O5/c1-26-12-3-5-16(22(24)25)13(9-12)18(23)21-6-7-27-17(10-21)11-2-4-14(19)15(20)8-11/h2-5,8-9,17H,6-7,10H2,1H3. The molecule has 7 nitrogen and oxygen atoms in total. The predicted molar refractivity (Wildman–Crippen MR) is 90.6 cm³/mol. The maximum Gasteiger partial charge on any atom is 0.282 e. The average molecular weight is 378 g/mol. The Kier molecular flexibility index (Phi) is 5.31. The molecule has 9 heteroatoms. The van der Waals surface area contributed by atoms with Gasteiger partial charge in [0, 0.05) is 12.6 Å². The molecule has 1 aliphatic heterocycles. The summed E-state index contributed by atoms with van der Waals surface area (Å²) in [4.78, 5) is 24.9. The first kappa shape index (κ1) is 18.7. The van der Waals surface area contributed by atoms with Crippen molar-refractivity contribution in [3.8, 4) is 5.75 Å². The van der Waals surface area contributed by atoms with Crippen LogP contribution in [0.3, 0.4) is 0 Å². The molecule has 2 aromatic rings. The molecule has 1 amide bonds. The predicted octanol–water partition coefficient (Wildman–Crippen LogP) is 3.10. The maximum absolute atomic E-state index is 13.5. The molecule has 1 saturated heterocycles. The molecular formula is C18H16F2N2O5. The van der Waals surface area contributed by atoms with E-state index >= 15 is 0 Å². The van der Waals surface area contributed by atoms with E-state index in [0.29, 0.717) is 11.3 Å². The van der Waals surface area contributed by atoms with Gasteiger partial charge in [-0.05, 0) is 29.8 Å². The van der Waals surface area contributed by atoms with Gasteiger partial charge in [0.05, 0.1) is 25.2 Å². The number of rotatable bonds is 4. The highest BCUT2D eigenvalue weighted by Gasteiger charge is 2.30. The molecule has 1 heterocycles. The lowest BCUT2D eigenvalue weighted by Gasteiger charge is -2.33. The van der Waals surface area contributed by atoms with Gasteiger partial charge in [0.15, 0.2) is 11.6 Å². The third kappa shape index (κ3) is 3.87. The molecule has 0 spiro atoms. The lowest BCUT2D eigenvalue weighted by molar-refractivity contribution is -0.385. The molecule has 27 heavy (non-hydrogen) atoms. The Balaban J connectivity index is 1.87. The van der Waals surface area contributed by atoms with Gasteiger partial charge < -0.3 is 14.4 Å². The van der Waals surface area contributed by atoms with Gasteiger partial charge >= 0.3 is 0 Å². The van der Waals surface area contributed by atoms with Gasteiger partial charge in [0.25, 0.3) is 11.6 Å². The van der Waals surface area contributed by atoms with Crippen molar-refractivity contribution in [1.82, 2.24) is 4.90 Å². The number of ether oxygens (including phenoxy) is 2. The largest absolute Gasteiger partial charge is 0.497 e. The van der Waals surface area contributed by atoms with Crippen LogP contribution in [0.2, 0.25) is 0 Å². The number of carbonyl (C=O) groups is 1. The molecule has 0 radical (unpaired) electrons. The summed E-state index contributed by atoms with van der Waals surface area (Å²) in [5.41, 5.74) is -0.0616. The zero-order chi connectivity index (χ0) is 19.6. The molecule has 0 saturated carbocycles. The van der Waals surface area contributed by atoms with Crippen molar-refractivity contribution in [3.63, 3.8) is 0 Å². The molecular weight excluding hydrogens is 362 g/mol. The summed E-state index contributed by atoms with van der Waals surface area (Å²) in [7, 11) is 1.39. The molecule has 1 atom stereocenters. The number of benzene rings is 2. The highest BCUT2D eigenvalue weighted by molar-refractivity contribution is 5.98. The smallest absolute Gasteiger partial charge is 0.282 e. The minimum absolute atomic E-state index is 0.0538. The van der Waals surface area contributed by atoms with Gasteiger partial charge in [-0.3, -0.25) is 14.9 Å². The van der Waals surface area contributed by atoms with Crippen LogP contribution in [0.5, 0.6) is 5.75 Å².